The summed E-state index contributed by atoms with van der Waals surface area (Å²) in [6, 6.07) is 5.29. The van der Waals surface area contributed by atoms with Crippen LogP contribution in [0.2, 0.25) is 5.02 Å². The fraction of sp³-hybridized carbons (Fsp3) is 0.667. The highest BCUT2D eigenvalue weighted by molar-refractivity contribution is 6.34. The Morgan fingerprint density at radius 2 is 1.84 bits per heavy atom. The van der Waals surface area contributed by atoms with E-state index in [2.05, 4.69) is 0 Å². The number of carbonyl (C=O) groups excluding carboxylic acids is 2. The summed E-state index contributed by atoms with van der Waals surface area (Å²) in [7, 11) is 3.42. The number of benzene rings is 1. The van der Waals surface area contributed by atoms with Gasteiger partial charge in [0.15, 0.2) is 0 Å². The van der Waals surface area contributed by atoms with Gasteiger partial charge in [0.05, 0.1) is 10.6 Å². The average molecular weight is 451 g/mol. The van der Waals surface area contributed by atoms with Crippen LogP contribution in [0.4, 0.5) is 4.79 Å². The molecular weight excluding hydrogens is 416 g/mol. The van der Waals surface area contributed by atoms with Crippen molar-refractivity contribution in [2.75, 3.05) is 27.2 Å². The SMILES string of the molecule is CN(C)C(=O)c1ccc(OC2CC2CCC2CCN(C(=O)OC(C)(C)C)CC2)cc1Cl. The van der Waals surface area contributed by atoms with Crippen molar-refractivity contribution in [1.82, 2.24) is 9.80 Å². The lowest BCUT2D eigenvalue weighted by Crippen LogP contribution is -2.41. The number of carbonyl (C=O) groups is 2. The zero-order valence-corrected chi connectivity index (χ0v) is 20.1. The summed E-state index contributed by atoms with van der Waals surface area (Å²) < 4.78 is 11.5. The van der Waals surface area contributed by atoms with Crippen LogP contribution in [0.1, 0.15) is 63.2 Å². The second-order valence-electron chi connectivity index (χ2n) is 9.98. The summed E-state index contributed by atoms with van der Waals surface area (Å²) in [5, 5.41) is 0.421. The van der Waals surface area contributed by atoms with E-state index in [0.29, 0.717) is 22.4 Å². The van der Waals surface area contributed by atoms with Crippen LogP contribution in [0.5, 0.6) is 5.75 Å². The van der Waals surface area contributed by atoms with Crippen LogP contribution in [0.15, 0.2) is 18.2 Å². The van der Waals surface area contributed by atoms with Crippen molar-refractivity contribution in [2.45, 2.75) is 64.6 Å². The van der Waals surface area contributed by atoms with Crippen molar-refractivity contribution in [1.29, 1.82) is 0 Å². The molecule has 0 N–H and O–H groups in total. The maximum absolute atomic E-state index is 12.2. The van der Waals surface area contributed by atoms with Gasteiger partial charge in [-0.3, -0.25) is 4.79 Å². The van der Waals surface area contributed by atoms with Gasteiger partial charge in [-0.25, -0.2) is 4.79 Å². The number of rotatable bonds is 6. The highest BCUT2D eigenvalue weighted by Crippen LogP contribution is 2.40. The van der Waals surface area contributed by atoms with Crippen LogP contribution in [0, 0.1) is 11.8 Å². The number of hydrogen-bond acceptors (Lipinski definition) is 4. The lowest BCUT2D eigenvalue weighted by atomic mass is 9.91. The van der Waals surface area contributed by atoms with E-state index in [1.54, 1.807) is 26.2 Å². The Morgan fingerprint density at radius 3 is 2.42 bits per heavy atom. The standard InChI is InChI=1S/C24H35ClN2O4/c1-24(2,3)31-23(29)27-12-10-16(11-13-27)6-7-17-14-21(17)30-18-8-9-19(20(25)15-18)22(28)26(4)5/h8-9,15-17,21H,6-7,10-14H2,1-5H3. The van der Waals surface area contributed by atoms with Crippen LogP contribution in [-0.4, -0.2) is 60.7 Å². The predicted molar refractivity (Wildman–Crippen MR) is 122 cm³/mol. The molecule has 2 fully saturated rings. The smallest absolute Gasteiger partial charge is 0.410 e. The van der Waals surface area contributed by atoms with Gasteiger partial charge in [0, 0.05) is 27.2 Å². The molecule has 2 unspecified atom stereocenters. The molecule has 6 nitrogen and oxygen atoms in total. The summed E-state index contributed by atoms with van der Waals surface area (Å²) in [6.45, 7) is 7.26. The first-order chi connectivity index (χ1) is 14.5. The average Bonchev–Trinajstić information content (AvgIpc) is 3.42. The van der Waals surface area contributed by atoms with Gasteiger partial charge in [-0.1, -0.05) is 11.6 Å². The third-order valence-electron chi connectivity index (χ3n) is 5.93. The minimum absolute atomic E-state index is 0.112. The van der Waals surface area contributed by atoms with Gasteiger partial charge in [0.1, 0.15) is 17.5 Å². The summed E-state index contributed by atoms with van der Waals surface area (Å²) in [4.78, 5) is 27.6. The zero-order chi connectivity index (χ0) is 22.8. The molecule has 1 aromatic carbocycles. The monoisotopic (exact) mass is 450 g/mol. The quantitative estimate of drug-likeness (QED) is 0.594. The molecule has 1 saturated carbocycles. The van der Waals surface area contributed by atoms with Crippen molar-refractivity contribution in [3.8, 4) is 5.75 Å². The number of hydrogen-bond donors (Lipinski definition) is 0. The topological polar surface area (TPSA) is 59.1 Å². The number of piperidine rings is 1. The molecule has 1 aromatic rings. The third-order valence-corrected chi connectivity index (χ3v) is 6.25. The van der Waals surface area contributed by atoms with Crippen LogP contribution in [0.3, 0.4) is 0 Å². The Labute approximate surface area is 190 Å². The Hall–Kier alpha value is -1.95. The Balaban J connectivity index is 1.38. The molecule has 0 spiro atoms. The Bertz CT molecular complexity index is 797. The van der Waals surface area contributed by atoms with E-state index in [0.717, 1.165) is 44.5 Å². The second kappa shape index (κ2) is 9.68. The van der Waals surface area contributed by atoms with Crippen molar-refractivity contribution >= 4 is 23.6 Å². The fourth-order valence-corrected chi connectivity index (χ4v) is 4.26. The van der Waals surface area contributed by atoms with E-state index >= 15 is 0 Å². The summed E-state index contributed by atoms with van der Waals surface area (Å²) in [5.74, 6) is 1.84. The molecule has 2 atom stereocenters. The minimum atomic E-state index is -0.443. The number of likely N-dealkylation sites (tertiary alicyclic amines) is 1. The highest BCUT2D eigenvalue weighted by Gasteiger charge is 2.39. The van der Waals surface area contributed by atoms with E-state index in [1.165, 1.54) is 11.3 Å². The van der Waals surface area contributed by atoms with E-state index in [9.17, 15) is 9.59 Å². The lowest BCUT2D eigenvalue weighted by molar-refractivity contribution is 0.0180. The molecule has 2 aliphatic rings. The van der Waals surface area contributed by atoms with Crippen LogP contribution < -0.4 is 4.74 Å². The van der Waals surface area contributed by atoms with Crippen LogP contribution >= 0.6 is 11.6 Å². The molecule has 1 heterocycles. The molecule has 7 heteroatoms. The molecule has 1 aliphatic carbocycles. The van der Waals surface area contributed by atoms with E-state index in [4.69, 9.17) is 21.1 Å². The van der Waals surface area contributed by atoms with Crippen LogP contribution in [0.25, 0.3) is 0 Å². The largest absolute Gasteiger partial charge is 0.490 e. The van der Waals surface area contributed by atoms with Gasteiger partial charge in [0.25, 0.3) is 5.91 Å². The first kappa shape index (κ1) is 23.7. The van der Waals surface area contributed by atoms with Gasteiger partial charge in [-0.2, -0.15) is 0 Å². The number of nitrogens with zero attached hydrogens (tertiary/aromatic N) is 2. The summed E-state index contributed by atoms with van der Waals surface area (Å²) in [5.41, 5.74) is 0.0468. The second-order valence-corrected chi connectivity index (χ2v) is 10.4. The molecule has 1 aliphatic heterocycles. The molecule has 1 saturated heterocycles. The Kier molecular flexibility index (Phi) is 7.40. The van der Waals surface area contributed by atoms with Crippen molar-refractivity contribution in [3.63, 3.8) is 0 Å². The molecule has 0 radical (unpaired) electrons. The number of amides is 2. The van der Waals surface area contributed by atoms with Gasteiger partial charge in [0.2, 0.25) is 0 Å². The summed E-state index contributed by atoms with van der Waals surface area (Å²) >= 11 is 6.28. The van der Waals surface area contributed by atoms with Crippen molar-refractivity contribution < 1.29 is 19.1 Å². The van der Waals surface area contributed by atoms with Crippen molar-refractivity contribution in [3.05, 3.63) is 28.8 Å². The molecule has 2 amide bonds. The molecule has 0 bridgehead atoms. The van der Waals surface area contributed by atoms with E-state index in [1.807, 2.05) is 31.7 Å². The fourth-order valence-electron chi connectivity index (χ4n) is 4.01. The summed E-state index contributed by atoms with van der Waals surface area (Å²) in [6.07, 6.45) is 5.48. The van der Waals surface area contributed by atoms with Gasteiger partial charge in [-0.05, 0) is 82.9 Å². The number of halogens is 1. The van der Waals surface area contributed by atoms with E-state index < -0.39 is 5.60 Å². The highest BCUT2D eigenvalue weighted by atomic mass is 35.5. The van der Waals surface area contributed by atoms with Crippen molar-refractivity contribution in [2.24, 2.45) is 11.8 Å². The first-order valence-corrected chi connectivity index (χ1v) is 11.6. The molecule has 0 aromatic heterocycles. The molecule has 172 valence electrons. The lowest BCUT2D eigenvalue weighted by Gasteiger charge is -2.33. The van der Waals surface area contributed by atoms with Gasteiger partial charge < -0.3 is 19.3 Å². The zero-order valence-electron chi connectivity index (χ0n) is 19.3. The Morgan fingerprint density at radius 1 is 1.16 bits per heavy atom. The molecule has 3 rings (SSSR count). The van der Waals surface area contributed by atoms with Gasteiger partial charge >= 0.3 is 6.09 Å². The maximum Gasteiger partial charge on any atom is 0.410 e. The normalized spacial score (nSPS) is 21.5. The number of ether oxygens (including phenoxy) is 2. The molecular formula is C24H35ClN2O4. The maximum atomic E-state index is 12.2. The van der Waals surface area contributed by atoms with E-state index in [-0.39, 0.29) is 18.1 Å². The third kappa shape index (κ3) is 6.76. The minimum Gasteiger partial charge on any atom is -0.490 e. The molecule has 31 heavy (non-hydrogen) atoms. The first-order valence-electron chi connectivity index (χ1n) is 11.2. The van der Waals surface area contributed by atoms with Crippen LogP contribution in [-0.2, 0) is 4.74 Å². The predicted octanol–water partition coefficient (Wildman–Crippen LogP) is 5.24. The van der Waals surface area contributed by atoms with Gasteiger partial charge in [-0.15, -0.1) is 0 Å².